The van der Waals surface area contributed by atoms with Gasteiger partial charge in [0, 0.05) is 26.7 Å². The summed E-state index contributed by atoms with van der Waals surface area (Å²) in [5, 5.41) is 6.38. The van der Waals surface area contributed by atoms with Crippen LogP contribution in [0.25, 0.3) is 0 Å². The predicted molar refractivity (Wildman–Crippen MR) is 139 cm³/mol. The molecule has 0 spiro atoms. The van der Waals surface area contributed by atoms with Crippen LogP contribution in [0.3, 0.4) is 0 Å². The van der Waals surface area contributed by atoms with Gasteiger partial charge < -0.3 is 29.7 Å². The predicted octanol–water partition coefficient (Wildman–Crippen LogP) is 3.82. The maximum absolute atomic E-state index is 12.0. The first-order valence-corrected chi connectivity index (χ1v) is 11.0. The molecule has 2 N–H and O–H groups in total. The number of hydrogen-bond donors (Lipinski definition) is 2. The van der Waals surface area contributed by atoms with Gasteiger partial charge in [-0.15, -0.1) is 24.0 Å². The summed E-state index contributed by atoms with van der Waals surface area (Å²) in [6.07, 6.45) is 2.39. The highest BCUT2D eigenvalue weighted by molar-refractivity contribution is 14.0. The van der Waals surface area contributed by atoms with E-state index in [2.05, 4.69) is 26.6 Å². The lowest BCUT2D eigenvalue weighted by molar-refractivity contribution is 0.0507. The fourth-order valence-electron chi connectivity index (χ4n) is 3.51. The Morgan fingerprint density at radius 2 is 2.03 bits per heavy atom. The molecule has 1 aliphatic heterocycles. The molecule has 1 saturated heterocycles. The van der Waals surface area contributed by atoms with Gasteiger partial charge in [0.05, 0.1) is 19.8 Å². The topological polar surface area (TPSA) is 84.4 Å². The Morgan fingerprint density at radius 1 is 1.28 bits per heavy atom. The first kappa shape index (κ1) is 28.1. The van der Waals surface area contributed by atoms with Crippen LogP contribution in [-0.4, -0.2) is 69.0 Å². The number of aliphatic imine (C=N–C) groups is 1. The molecule has 2 rings (SSSR count). The molecule has 0 aliphatic carbocycles. The number of aryl methyl sites for hydroxylation is 1. The highest BCUT2D eigenvalue weighted by Crippen LogP contribution is 2.28. The molecule has 1 aliphatic rings. The smallest absolute Gasteiger partial charge is 0.407 e. The fourth-order valence-corrected chi connectivity index (χ4v) is 3.51. The number of carbonyl (C=O) groups is 1. The van der Waals surface area contributed by atoms with Crippen molar-refractivity contribution in [3.05, 3.63) is 23.8 Å². The van der Waals surface area contributed by atoms with Gasteiger partial charge >= 0.3 is 6.09 Å². The van der Waals surface area contributed by atoms with Gasteiger partial charge in [0.25, 0.3) is 0 Å². The average Bonchev–Trinajstić information content (AvgIpc) is 3.15. The summed E-state index contributed by atoms with van der Waals surface area (Å²) in [4.78, 5) is 18.6. The minimum Gasteiger partial charge on any atom is -0.493 e. The van der Waals surface area contributed by atoms with Crippen molar-refractivity contribution in [3.63, 3.8) is 0 Å². The Bertz CT molecular complexity index is 752. The zero-order chi connectivity index (χ0) is 22.9. The molecule has 1 fully saturated rings. The fraction of sp³-hybridized carbons (Fsp3) is 0.652. The molecule has 1 unspecified atom stereocenters. The third-order valence-electron chi connectivity index (χ3n) is 4.87. The van der Waals surface area contributed by atoms with E-state index in [1.54, 1.807) is 14.2 Å². The van der Waals surface area contributed by atoms with Crippen molar-refractivity contribution in [1.29, 1.82) is 0 Å². The molecule has 0 bridgehead atoms. The van der Waals surface area contributed by atoms with Crippen LogP contribution in [0.2, 0.25) is 0 Å². The highest BCUT2D eigenvalue weighted by atomic mass is 127. The lowest BCUT2D eigenvalue weighted by Gasteiger charge is -2.23. The third kappa shape index (κ3) is 9.30. The van der Waals surface area contributed by atoms with Crippen LogP contribution in [0.4, 0.5) is 4.79 Å². The van der Waals surface area contributed by atoms with Crippen molar-refractivity contribution in [3.8, 4) is 11.5 Å². The van der Waals surface area contributed by atoms with Gasteiger partial charge in [-0.3, -0.25) is 4.99 Å². The number of alkyl carbamates (subject to hydrolysis) is 1. The molecule has 182 valence electrons. The van der Waals surface area contributed by atoms with E-state index in [0.29, 0.717) is 6.61 Å². The van der Waals surface area contributed by atoms with E-state index < -0.39 is 5.60 Å². The summed E-state index contributed by atoms with van der Waals surface area (Å²) in [6.45, 7) is 10.5. The van der Waals surface area contributed by atoms with E-state index in [4.69, 9.17) is 14.2 Å². The molecule has 1 aromatic rings. The van der Waals surface area contributed by atoms with Gasteiger partial charge in [-0.1, -0.05) is 6.07 Å². The van der Waals surface area contributed by atoms with Crippen molar-refractivity contribution in [2.75, 3.05) is 40.4 Å². The third-order valence-corrected chi connectivity index (χ3v) is 4.87. The molecule has 9 heteroatoms. The largest absolute Gasteiger partial charge is 0.493 e. The van der Waals surface area contributed by atoms with Crippen LogP contribution in [0.15, 0.2) is 23.2 Å². The number of methoxy groups -OCH3 is 1. The van der Waals surface area contributed by atoms with Crippen LogP contribution in [0.1, 0.15) is 46.1 Å². The van der Waals surface area contributed by atoms with Crippen molar-refractivity contribution in [2.24, 2.45) is 4.99 Å². The van der Waals surface area contributed by atoms with Gasteiger partial charge in [-0.25, -0.2) is 4.79 Å². The quantitative estimate of drug-likeness (QED) is 0.217. The van der Waals surface area contributed by atoms with Crippen LogP contribution < -0.4 is 20.1 Å². The molecule has 0 radical (unpaired) electrons. The van der Waals surface area contributed by atoms with Crippen LogP contribution in [-0.2, 0) is 11.2 Å². The molecule has 8 nitrogen and oxygen atoms in total. The van der Waals surface area contributed by atoms with Gasteiger partial charge in [0.1, 0.15) is 5.60 Å². The Kier molecular flexibility index (Phi) is 11.9. The summed E-state index contributed by atoms with van der Waals surface area (Å²) in [7, 11) is 3.44. The van der Waals surface area contributed by atoms with Crippen LogP contribution in [0, 0.1) is 0 Å². The number of nitrogens with one attached hydrogen (secondary N) is 2. The molecule has 0 saturated carbocycles. The number of hydrogen-bond acceptors (Lipinski definition) is 5. The van der Waals surface area contributed by atoms with Crippen LogP contribution >= 0.6 is 24.0 Å². The Balaban J connectivity index is 0.00000512. The summed E-state index contributed by atoms with van der Waals surface area (Å²) in [5.74, 6) is 2.40. The van der Waals surface area contributed by atoms with Crippen molar-refractivity contribution >= 4 is 36.0 Å². The number of guanidine groups is 1. The molecule has 1 atom stereocenters. The lowest BCUT2D eigenvalue weighted by atomic mass is 10.1. The SMILES string of the molecule is CCOc1cc(CCCNC(=NC)N2CCC(NC(=O)OC(C)(C)C)C2)ccc1OC.I. The summed E-state index contributed by atoms with van der Waals surface area (Å²) < 4.78 is 16.4. The zero-order valence-corrected chi connectivity index (χ0v) is 22.5. The van der Waals surface area contributed by atoms with Crippen molar-refractivity contribution in [1.82, 2.24) is 15.5 Å². The van der Waals surface area contributed by atoms with Gasteiger partial charge in [0.15, 0.2) is 17.5 Å². The number of halogens is 1. The van der Waals surface area contributed by atoms with Gasteiger partial charge in [0.2, 0.25) is 0 Å². The number of carbonyl (C=O) groups excluding carboxylic acids is 1. The molecular formula is C23H39IN4O4. The van der Waals surface area contributed by atoms with E-state index in [1.165, 1.54) is 5.56 Å². The van der Waals surface area contributed by atoms with E-state index in [0.717, 1.165) is 56.4 Å². The minimum atomic E-state index is -0.493. The first-order valence-electron chi connectivity index (χ1n) is 11.0. The molecule has 1 aromatic carbocycles. The minimum absolute atomic E-state index is 0. The number of amides is 1. The molecule has 32 heavy (non-hydrogen) atoms. The zero-order valence-electron chi connectivity index (χ0n) is 20.2. The number of rotatable bonds is 8. The molecule has 0 aromatic heterocycles. The highest BCUT2D eigenvalue weighted by Gasteiger charge is 2.27. The Hall–Kier alpha value is -1.91. The average molecular weight is 562 g/mol. The summed E-state index contributed by atoms with van der Waals surface area (Å²) in [5.41, 5.74) is 0.719. The van der Waals surface area contributed by atoms with Crippen LogP contribution in [0.5, 0.6) is 11.5 Å². The van der Waals surface area contributed by atoms with Crippen molar-refractivity contribution < 1.29 is 19.0 Å². The van der Waals surface area contributed by atoms with Gasteiger partial charge in [-0.05, 0) is 64.7 Å². The Labute approximate surface area is 209 Å². The summed E-state index contributed by atoms with van der Waals surface area (Å²) in [6, 6.07) is 6.13. The second-order valence-corrected chi connectivity index (χ2v) is 8.57. The van der Waals surface area contributed by atoms with E-state index >= 15 is 0 Å². The second-order valence-electron chi connectivity index (χ2n) is 8.57. The van der Waals surface area contributed by atoms with E-state index in [1.807, 2.05) is 39.8 Å². The van der Waals surface area contributed by atoms with Gasteiger partial charge in [-0.2, -0.15) is 0 Å². The first-order chi connectivity index (χ1) is 14.8. The summed E-state index contributed by atoms with van der Waals surface area (Å²) >= 11 is 0. The maximum atomic E-state index is 12.0. The molecule has 1 heterocycles. The monoisotopic (exact) mass is 562 g/mol. The molecule has 1 amide bonds. The number of ether oxygens (including phenoxy) is 3. The van der Waals surface area contributed by atoms with E-state index in [-0.39, 0.29) is 36.1 Å². The Morgan fingerprint density at radius 3 is 2.66 bits per heavy atom. The molecular weight excluding hydrogens is 523 g/mol. The number of benzene rings is 1. The second kappa shape index (κ2) is 13.6. The normalized spacial score (nSPS) is 16.2. The van der Waals surface area contributed by atoms with E-state index in [9.17, 15) is 4.79 Å². The lowest BCUT2D eigenvalue weighted by Crippen LogP contribution is -2.44. The number of nitrogens with zero attached hydrogens (tertiary/aromatic N) is 2. The number of likely N-dealkylation sites (tertiary alicyclic amines) is 1. The maximum Gasteiger partial charge on any atom is 0.407 e. The van der Waals surface area contributed by atoms with Crippen molar-refractivity contribution in [2.45, 2.75) is 58.6 Å². The standard InChI is InChI=1S/C23H38N4O4.HI/c1-7-30-20-15-17(10-11-19(20)29-6)9-8-13-25-21(24-5)27-14-12-18(16-27)26-22(28)31-23(2,3)4;/h10-11,15,18H,7-9,12-14,16H2,1-6H3,(H,24,25)(H,26,28);1H.